The first kappa shape index (κ1) is 29.4. The molecule has 0 radical (unpaired) electrons. The molecule has 2 rings (SSSR count). The SMILES string of the molecule is C=CC(=C)C.C=CC(=C)C.C=CC=C.C=Cc1ccccc1.c1ccccc1. The van der Waals surface area contributed by atoms with Gasteiger partial charge in [-0.1, -0.05) is 154 Å². The highest BCUT2D eigenvalue weighted by Gasteiger charge is 1.75. The van der Waals surface area contributed by atoms with Crippen LogP contribution in [0.15, 0.2) is 148 Å². The second kappa shape index (κ2) is 25.9. The van der Waals surface area contributed by atoms with Crippen molar-refractivity contribution in [3.8, 4) is 0 Å². The van der Waals surface area contributed by atoms with E-state index >= 15 is 0 Å². The van der Waals surface area contributed by atoms with Crippen LogP contribution in [0.25, 0.3) is 6.08 Å². The van der Waals surface area contributed by atoms with Crippen molar-refractivity contribution in [3.63, 3.8) is 0 Å². The van der Waals surface area contributed by atoms with Crippen molar-refractivity contribution in [1.29, 1.82) is 0 Å². The Morgan fingerprint density at radius 2 is 0.821 bits per heavy atom. The summed E-state index contributed by atoms with van der Waals surface area (Å²) in [5.41, 5.74) is 3.21. The van der Waals surface area contributed by atoms with E-state index in [9.17, 15) is 0 Å². The van der Waals surface area contributed by atoms with E-state index in [0.29, 0.717) is 0 Å². The maximum atomic E-state index is 3.63. The Balaban J connectivity index is -0.000000286. The third kappa shape index (κ3) is 34.1. The average molecular weight is 373 g/mol. The summed E-state index contributed by atoms with van der Waals surface area (Å²) in [6, 6.07) is 22.0. The topological polar surface area (TPSA) is 0 Å². The molecule has 0 aliphatic rings. The summed E-state index contributed by atoms with van der Waals surface area (Å²) in [5, 5.41) is 0. The van der Waals surface area contributed by atoms with Crippen molar-refractivity contribution < 1.29 is 0 Å². The molecule has 0 nitrogen and oxygen atoms in total. The lowest BCUT2D eigenvalue weighted by molar-refractivity contribution is 1.58. The van der Waals surface area contributed by atoms with Crippen LogP contribution in [0.1, 0.15) is 19.4 Å². The Morgan fingerprint density at radius 1 is 0.571 bits per heavy atom. The van der Waals surface area contributed by atoms with Crippen LogP contribution in [-0.2, 0) is 0 Å². The summed E-state index contributed by atoms with van der Waals surface area (Å²) in [5.74, 6) is 0. The van der Waals surface area contributed by atoms with Crippen molar-refractivity contribution in [2.45, 2.75) is 13.8 Å². The fourth-order valence-corrected chi connectivity index (χ4v) is 0.974. The Labute approximate surface area is 174 Å². The zero-order chi connectivity index (χ0) is 22.0. The second-order valence-corrected chi connectivity index (χ2v) is 5.34. The van der Waals surface area contributed by atoms with Gasteiger partial charge in [0.25, 0.3) is 0 Å². The highest BCUT2D eigenvalue weighted by atomic mass is 13.8. The average Bonchev–Trinajstić information content (AvgIpc) is 2.76. The molecule has 148 valence electrons. The summed E-state index contributed by atoms with van der Waals surface area (Å²) < 4.78 is 0. The molecule has 0 bridgehead atoms. The molecule has 0 fully saturated rings. The maximum absolute atomic E-state index is 3.63. The Bertz CT molecular complexity index is 607. The van der Waals surface area contributed by atoms with Gasteiger partial charge < -0.3 is 0 Å². The summed E-state index contributed by atoms with van der Waals surface area (Å²) in [4.78, 5) is 0. The van der Waals surface area contributed by atoms with Gasteiger partial charge in [-0.3, -0.25) is 0 Å². The van der Waals surface area contributed by atoms with E-state index in [1.54, 1.807) is 24.3 Å². The highest BCUT2D eigenvalue weighted by molar-refractivity contribution is 5.45. The van der Waals surface area contributed by atoms with Gasteiger partial charge in [0.15, 0.2) is 0 Å². The van der Waals surface area contributed by atoms with Gasteiger partial charge in [0.2, 0.25) is 0 Å². The Kier molecular flexibility index (Phi) is 27.1. The number of benzene rings is 2. The third-order valence-corrected chi connectivity index (χ3v) is 2.57. The lowest BCUT2D eigenvalue weighted by atomic mass is 10.2. The predicted molar refractivity (Wildman–Crippen MR) is 133 cm³/mol. The van der Waals surface area contributed by atoms with Crippen molar-refractivity contribution in [2.75, 3.05) is 0 Å². The van der Waals surface area contributed by atoms with E-state index in [1.165, 1.54) is 5.56 Å². The first-order valence-corrected chi connectivity index (χ1v) is 8.86. The van der Waals surface area contributed by atoms with Crippen molar-refractivity contribution in [1.82, 2.24) is 0 Å². The summed E-state index contributed by atoms with van der Waals surface area (Å²) >= 11 is 0. The van der Waals surface area contributed by atoms with E-state index in [-0.39, 0.29) is 0 Å². The lowest BCUT2D eigenvalue weighted by Crippen LogP contribution is -1.63. The van der Waals surface area contributed by atoms with Gasteiger partial charge in [0, 0.05) is 0 Å². The fraction of sp³-hybridized carbons (Fsp3) is 0.0714. The van der Waals surface area contributed by atoms with Gasteiger partial charge in [-0.25, -0.2) is 0 Å². The van der Waals surface area contributed by atoms with Crippen LogP contribution in [0.4, 0.5) is 0 Å². The van der Waals surface area contributed by atoms with Gasteiger partial charge in [-0.2, -0.15) is 0 Å². The number of hydrogen-bond donors (Lipinski definition) is 0. The molecule has 0 aromatic heterocycles. The normalized spacial score (nSPS) is 7.21. The van der Waals surface area contributed by atoms with Crippen LogP contribution < -0.4 is 0 Å². The summed E-state index contributed by atoms with van der Waals surface area (Å²) in [6.07, 6.45) is 8.56. The molecular weight excluding hydrogens is 336 g/mol. The number of allylic oxidation sites excluding steroid dienone is 6. The molecule has 28 heavy (non-hydrogen) atoms. The van der Waals surface area contributed by atoms with E-state index in [4.69, 9.17) is 0 Å². The fourth-order valence-electron chi connectivity index (χ4n) is 0.974. The molecule has 0 saturated heterocycles. The zero-order valence-electron chi connectivity index (χ0n) is 17.7. The monoisotopic (exact) mass is 372 g/mol. The molecule has 0 saturated carbocycles. The van der Waals surface area contributed by atoms with Gasteiger partial charge in [-0.05, 0) is 19.4 Å². The molecule has 0 atom stereocenters. The number of hydrogen-bond acceptors (Lipinski definition) is 0. The molecule has 0 aliphatic carbocycles. The molecular formula is C28H36. The third-order valence-electron chi connectivity index (χ3n) is 2.57. The lowest BCUT2D eigenvalue weighted by Gasteiger charge is -1.85. The minimum absolute atomic E-state index is 1.02. The predicted octanol–water partition coefficient (Wildman–Crippen LogP) is 8.87. The minimum atomic E-state index is 1.02. The molecule has 0 heterocycles. The molecule has 0 spiro atoms. The molecule has 0 amide bonds. The van der Waals surface area contributed by atoms with Gasteiger partial charge in [0.1, 0.15) is 0 Å². The minimum Gasteiger partial charge on any atom is -0.0991 e. The molecule has 2 aromatic carbocycles. The highest BCUT2D eigenvalue weighted by Crippen LogP contribution is 1.97. The second-order valence-electron chi connectivity index (χ2n) is 5.34. The first-order chi connectivity index (χ1) is 13.4. The summed E-state index contributed by atoms with van der Waals surface area (Å²) in [7, 11) is 0. The smallest absolute Gasteiger partial charge is 0.0263 e. The van der Waals surface area contributed by atoms with Gasteiger partial charge in [-0.15, -0.1) is 0 Å². The molecule has 2 aromatic rings. The first-order valence-electron chi connectivity index (χ1n) is 8.86. The van der Waals surface area contributed by atoms with Crippen LogP contribution in [0.3, 0.4) is 0 Å². The van der Waals surface area contributed by atoms with Crippen molar-refractivity contribution in [3.05, 3.63) is 154 Å². The largest absolute Gasteiger partial charge is 0.0991 e. The van der Waals surface area contributed by atoms with E-state index in [1.807, 2.05) is 86.7 Å². The number of rotatable bonds is 4. The van der Waals surface area contributed by atoms with Crippen LogP contribution in [0.2, 0.25) is 0 Å². The van der Waals surface area contributed by atoms with Crippen LogP contribution in [0.5, 0.6) is 0 Å². The zero-order valence-corrected chi connectivity index (χ0v) is 17.7. The van der Waals surface area contributed by atoms with E-state index in [0.717, 1.165) is 11.1 Å². The van der Waals surface area contributed by atoms with E-state index < -0.39 is 0 Å². The Morgan fingerprint density at radius 3 is 0.964 bits per heavy atom. The molecule has 0 aliphatic heterocycles. The molecule has 0 unspecified atom stereocenters. The van der Waals surface area contributed by atoms with Crippen molar-refractivity contribution in [2.24, 2.45) is 0 Å². The molecule has 0 heteroatoms. The quantitative estimate of drug-likeness (QED) is 0.470. The standard InChI is InChI=1S/C8H8.C6H6.2C5H8.C4H6/c1-2-8-6-4-3-5-7-8;1-2-4-6-5-3-1;2*1-4-5(2)3;1-3-4-2/h2-7H,1H2;1-6H;2*4H,1-2H2,3H3;3-4H,1-2H2. The van der Waals surface area contributed by atoms with Gasteiger partial charge in [0.05, 0.1) is 0 Å². The van der Waals surface area contributed by atoms with Crippen LogP contribution in [0, 0.1) is 0 Å². The molecule has 0 N–H and O–H groups in total. The van der Waals surface area contributed by atoms with E-state index in [2.05, 4.69) is 46.1 Å². The maximum Gasteiger partial charge on any atom is -0.0263 e. The Hall–Kier alpha value is -3.38. The van der Waals surface area contributed by atoms with Crippen molar-refractivity contribution >= 4 is 6.08 Å². The summed E-state index contributed by atoms with van der Waals surface area (Å²) in [6.45, 7) is 28.2. The van der Waals surface area contributed by atoms with Crippen LogP contribution >= 0.6 is 0 Å². The van der Waals surface area contributed by atoms with Crippen LogP contribution in [-0.4, -0.2) is 0 Å². The van der Waals surface area contributed by atoms with Gasteiger partial charge >= 0.3 is 0 Å².